The summed E-state index contributed by atoms with van der Waals surface area (Å²) in [5.41, 5.74) is 0.982. The molecule has 1 amide bonds. The topological polar surface area (TPSA) is 32.8 Å². The molecular weight excluding hydrogens is 299 g/mol. The number of alkyl halides is 2. The monoisotopic (exact) mass is 318 g/mol. The summed E-state index contributed by atoms with van der Waals surface area (Å²) in [6, 6.07) is 0. The lowest BCUT2D eigenvalue weighted by Gasteiger charge is -2.36. The van der Waals surface area contributed by atoms with E-state index in [4.69, 9.17) is 27.9 Å². The number of hydrogen-bond acceptors (Lipinski definition) is 3. The lowest BCUT2D eigenvalue weighted by Crippen LogP contribution is -2.48. The molecule has 20 heavy (non-hydrogen) atoms. The minimum absolute atomic E-state index is 0.0190. The lowest BCUT2D eigenvalue weighted by molar-refractivity contribution is -0.129. The average molecular weight is 319 g/mol. The van der Waals surface area contributed by atoms with E-state index in [1.54, 1.807) is 18.1 Å². The summed E-state index contributed by atoms with van der Waals surface area (Å²) in [4.78, 5) is 15.5. The average Bonchev–Trinajstić information content (AvgIpc) is 2.50. The van der Waals surface area contributed by atoms with E-state index < -0.39 is 0 Å². The van der Waals surface area contributed by atoms with E-state index in [0.29, 0.717) is 24.7 Å². The third-order valence-corrected chi connectivity index (χ3v) is 3.60. The number of allylic oxidation sites excluding steroid dienone is 4. The van der Waals surface area contributed by atoms with Gasteiger partial charge in [0, 0.05) is 38.0 Å². The quantitative estimate of drug-likeness (QED) is 0.427. The van der Waals surface area contributed by atoms with Crippen LogP contribution < -0.4 is 0 Å². The van der Waals surface area contributed by atoms with E-state index in [1.165, 1.54) is 0 Å². The molecule has 6 heteroatoms. The summed E-state index contributed by atoms with van der Waals surface area (Å²) in [6.07, 6.45) is 5.53. The molecule has 1 aliphatic rings. The molecule has 1 aliphatic heterocycles. The molecule has 112 valence electrons. The van der Waals surface area contributed by atoms with Crippen LogP contribution in [0.3, 0.4) is 0 Å². The standard InChI is InChI=1S/C14H20Cl2N2O2/c1-3-4-12(9-13(10-15)20-2)17-5-7-18(8-6-17)14(19)11-16/h3-4,9H,1,5-8,10-11H2,2H3/b12-4+,13-9+. The van der Waals surface area contributed by atoms with Crippen molar-refractivity contribution in [2.45, 2.75) is 0 Å². The smallest absolute Gasteiger partial charge is 0.237 e. The highest BCUT2D eigenvalue weighted by molar-refractivity contribution is 6.27. The van der Waals surface area contributed by atoms with Gasteiger partial charge in [0.2, 0.25) is 5.91 Å². The fourth-order valence-corrected chi connectivity index (χ4v) is 2.34. The van der Waals surface area contributed by atoms with Crippen LogP contribution in [0, 0.1) is 0 Å². The van der Waals surface area contributed by atoms with Crippen LogP contribution >= 0.6 is 23.2 Å². The van der Waals surface area contributed by atoms with Crippen molar-refractivity contribution >= 4 is 29.1 Å². The van der Waals surface area contributed by atoms with Crippen LogP contribution in [0.25, 0.3) is 0 Å². The summed E-state index contributed by atoms with van der Waals surface area (Å²) in [6.45, 7) is 6.55. The molecule has 0 aromatic rings. The van der Waals surface area contributed by atoms with Crippen LogP contribution in [-0.4, -0.2) is 60.8 Å². The third-order valence-electron chi connectivity index (χ3n) is 3.10. The summed E-state index contributed by atoms with van der Waals surface area (Å²) in [5.74, 6) is 1.03. The molecule has 1 rings (SSSR count). The van der Waals surface area contributed by atoms with Gasteiger partial charge in [-0.3, -0.25) is 4.79 Å². The van der Waals surface area contributed by atoms with Crippen molar-refractivity contribution in [2.75, 3.05) is 45.0 Å². The number of carbonyl (C=O) groups is 1. The van der Waals surface area contributed by atoms with E-state index >= 15 is 0 Å². The van der Waals surface area contributed by atoms with Crippen molar-refractivity contribution in [3.05, 3.63) is 36.3 Å². The molecule has 1 heterocycles. The Morgan fingerprint density at radius 3 is 2.25 bits per heavy atom. The van der Waals surface area contributed by atoms with Crippen LogP contribution in [0.5, 0.6) is 0 Å². The minimum Gasteiger partial charge on any atom is -0.500 e. The largest absolute Gasteiger partial charge is 0.500 e. The zero-order valence-electron chi connectivity index (χ0n) is 11.6. The molecule has 1 fully saturated rings. The molecule has 0 unspecified atom stereocenters. The Balaban J connectivity index is 2.72. The Bertz CT molecular complexity index is 394. The highest BCUT2D eigenvalue weighted by Gasteiger charge is 2.21. The highest BCUT2D eigenvalue weighted by Crippen LogP contribution is 2.14. The maximum atomic E-state index is 11.5. The van der Waals surface area contributed by atoms with Gasteiger partial charge in [-0.05, 0) is 6.08 Å². The SMILES string of the molecule is C=C/C=C(\C=C(/CCl)OC)N1CCN(C(=O)CCl)CC1. The second kappa shape index (κ2) is 8.93. The Morgan fingerprint density at radius 1 is 1.20 bits per heavy atom. The van der Waals surface area contributed by atoms with Crippen molar-refractivity contribution < 1.29 is 9.53 Å². The predicted molar refractivity (Wildman–Crippen MR) is 83.0 cm³/mol. The highest BCUT2D eigenvalue weighted by atomic mass is 35.5. The molecule has 0 bridgehead atoms. The van der Waals surface area contributed by atoms with Gasteiger partial charge < -0.3 is 14.5 Å². The summed E-state index contributed by atoms with van der Waals surface area (Å²) in [5, 5.41) is 0. The van der Waals surface area contributed by atoms with E-state index in [9.17, 15) is 4.79 Å². The number of hydrogen-bond donors (Lipinski definition) is 0. The number of halogens is 2. The predicted octanol–water partition coefficient (Wildman–Crippen LogP) is 2.21. The van der Waals surface area contributed by atoms with Gasteiger partial charge in [-0.1, -0.05) is 12.7 Å². The number of methoxy groups -OCH3 is 1. The molecule has 4 nitrogen and oxygen atoms in total. The molecule has 0 N–H and O–H groups in total. The Labute approximate surface area is 130 Å². The normalized spacial score (nSPS) is 17.1. The molecule has 0 spiro atoms. The summed E-state index contributed by atoms with van der Waals surface area (Å²) >= 11 is 11.4. The molecule has 0 aromatic carbocycles. The van der Waals surface area contributed by atoms with Gasteiger partial charge in [0.05, 0.1) is 13.0 Å². The number of nitrogens with zero attached hydrogens (tertiary/aromatic N) is 2. The molecule has 0 aliphatic carbocycles. The fourth-order valence-electron chi connectivity index (χ4n) is 1.98. The zero-order chi connectivity index (χ0) is 15.0. The van der Waals surface area contributed by atoms with Crippen LogP contribution in [0.1, 0.15) is 0 Å². The van der Waals surface area contributed by atoms with Gasteiger partial charge >= 0.3 is 0 Å². The first-order chi connectivity index (χ1) is 9.65. The number of carbonyl (C=O) groups excluding carboxylic acids is 1. The second-order valence-corrected chi connectivity index (χ2v) is 4.81. The zero-order valence-corrected chi connectivity index (χ0v) is 13.2. The van der Waals surface area contributed by atoms with E-state index in [0.717, 1.165) is 18.8 Å². The lowest BCUT2D eigenvalue weighted by atomic mass is 10.2. The van der Waals surface area contributed by atoms with Gasteiger partial charge in [0.1, 0.15) is 11.6 Å². The van der Waals surface area contributed by atoms with Gasteiger partial charge in [-0.25, -0.2) is 0 Å². The van der Waals surface area contributed by atoms with Gasteiger partial charge in [-0.2, -0.15) is 0 Å². The van der Waals surface area contributed by atoms with Crippen LogP contribution in [-0.2, 0) is 9.53 Å². The van der Waals surface area contributed by atoms with Crippen molar-refractivity contribution in [3.8, 4) is 0 Å². The van der Waals surface area contributed by atoms with Crippen molar-refractivity contribution in [2.24, 2.45) is 0 Å². The maximum Gasteiger partial charge on any atom is 0.237 e. The van der Waals surface area contributed by atoms with Crippen LogP contribution in [0.4, 0.5) is 0 Å². The van der Waals surface area contributed by atoms with Crippen LogP contribution in [0.2, 0.25) is 0 Å². The number of ether oxygens (including phenoxy) is 1. The van der Waals surface area contributed by atoms with Crippen molar-refractivity contribution in [3.63, 3.8) is 0 Å². The molecule has 0 atom stereocenters. The first-order valence-electron chi connectivity index (χ1n) is 6.38. The molecule has 0 saturated carbocycles. The summed E-state index contributed by atoms with van der Waals surface area (Å²) < 4.78 is 5.19. The molecule has 0 aromatic heterocycles. The van der Waals surface area contributed by atoms with E-state index in [1.807, 2.05) is 12.2 Å². The molecular formula is C14H20Cl2N2O2. The number of amides is 1. The number of piperazine rings is 1. The van der Waals surface area contributed by atoms with E-state index in [2.05, 4.69) is 11.5 Å². The second-order valence-electron chi connectivity index (χ2n) is 4.28. The van der Waals surface area contributed by atoms with E-state index in [-0.39, 0.29) is 11.8 Å². The number of rotatable bonds is 6. The first kappa shape index (κ1) is 16.9. The van der Waals surface area contributed by atoms with Gasteiger partial charge in [0.25, 0.3) is 0 Å². The van der Waals surface area contributed by atoms with Gasteiger partial charge in [-0.15, -0.1) is 23.2 Å². The van der Waals surface area contributed by atoms with Crippen LogP contribution in [0.15, 0.2) is 36.3 Å². The fraction of sp³-hybridized carbons (Fsp3) is 0.500. The summed E-state index contributed by atoms with van der Waals surface area (Å²) in [7, 11) is 1.59. The Hall–Kier alpha value is -1.13. The molecule has 0 radical (unpaired) electrons. The minimum atomic E-state index is -0.0190. The third kappa shape index (κ3) is 4.76. The Morgan fingerprint density at radius 2 is 1.80 bits per heavy atom. The van der Waals surface area contributed by atoms with Crippen molar-refractivity contribution in [1.82, 2.24) is 9.80 Å². The van der Waals surface area contributed by atoms with Gasteiger partial charge in [0.15, 0.2) is 0 Å². The maximum absolute atomic E-state index is 11.5. The first-order valence-corrected chi connectivity index (χ1v) is 7.45. The Kier molecular flexibility index (Phi) is 7.55. The van der Waals surface area contributed by atoms with Crippen molar-refractivity contribution in [1.29, 1.82) is 0 Å². The molecule has 1 saturated heterocycles.